The van der Waals surface area contributed by atoms with Crippen molar-refractivity contribution in [2.75, 3.05) is 0 Å². The van der Waals surface area contributed by atoms with Crippen LogP contribution in [0.4, 0.5) is 0 Å². The molecule has 1 unspecified atom stereocenters. The van der Waals surface area contributed by atoms with Crippen molar-refractivity contribution in [3.05, 3.63) is 69.2 Å². The summed E-state index contributed by atoms with van der Waals surface area (Å²) in [6.45, 7) is 0. The van der Waals surface area contributed by atoms with Gasteiger partial charge in [0.05, 0.1) is 6.07 Å². The van der Waals surface area contributed by atoms with Crippen LogP contribution in [0.15, 0.2) is 53.0 Å². The van der Waals surface area contributed by atoms with E-state index in [0.29, 0.717) is 16.1 Å². The lowest BCUT2D eigenvalue weighted by molar-refractivity contribution is 0.0979. The predicted molar refractivity (Wildman–Crippen MR) is 78.3 cm³/mol. The predicted octanol–water partition coefficient (Wildman–Crippen LogP) is 4.59. The number of nitrogens with zero attached hydrogens (tertiary/aromatic N) is 1. The van der Waals surface area contributed by atoms with Crippen LogP contribution in [0.25, 0.3) is 0 Å². The number of carbonyl (C=O) groups excluding carboxylic acids is 1. The zero-order valence-electron chi connectivity index (χ0n) is 9.81. The molecule has 4 heteroatoms. The smallest absolute Gasteiger partial charge is 0.184 e. The van der Waals surface area contributed by atoms with Gasteiger partial charge in [-0.15, -0.1) is 0 Å². The molecule has 2 aromatic rings. The highest BCUT2D eigenvalue weighted by atomic mass is 79.9. The normalized spacial score (nSPS) is 11.6. The van der Waals surface area contributed by atoms with Gasteiger partial charge in [0.15, 0.2) is 5.78 Å². The van der Waals surface area contributed by atoms with Gasteiger partial charge < -0.3 is 0 Å². The van der Waals surface area contributed by atoms with Crippen LogP contribution in [0, 0.1) is 11.3 Å². The summed E-state index contributed by atoms with van der Waals surface area (Å²) in [5.41, 5.74) is 1.17. The summed E-state index contributed by atoms with van der Waals surface area (Å²) in [5, 5.41) is 9.79. The van der Waals surface area contributed by atoms with Gasteiger partial charge in [-0.25, -0.2) is 0 Å². The molecule has 0 aliphatic heterocycles. The summed E-state index contributed by atoms with van der Waals surface area (Å²) in [7, 11) is 0. The average Bonchev–Trinajstić information content (AvgIpc) is 2.42. The van der Waals surface area contributed by atoms with E-state index >= 15 is 0 Å². The van der Waals surface area contributed by atoms with Crippen LogP contribution in [-0.2, 0) is 0 Å². The van der Waals surface area contributed by atoms with E-state index in [-0.39, 0.29) is 5.78 Å². The highest BCUT2D eigenvalue weighted by Gasteiger charge is 2.21. The Hall–Kier alpha value is -1.63. The van der Waals surface area contributed by atoms with Crippen LogP contribution in [0.5, 0.6) is 0 Å². The molecule has 94 valence electrons. The Morgan fingerprint density at radius 1 is 1.11 bits per heavy atom. The van der Waals surface area contributed by atoms with Gasteiger partial charge in [-0.2, -0.15) is 5.26 Å². The van der Waals surface area contributed by atoms with Gasteiger partial charge in [-0.3, -0.25) is 4.79 Å². The quantitative estimate of drug-likeness (QED) is 0.770. The highest BCUT2D eigenvalue weighted by molar-refractivity contribution is 9.10. The van der Waals surface area contributed by atoms with Gasteiger partial charge in [0.2, 0.25) is 0 Å². The third kappa shape index (κ3) is 3.23. The average molecular weight is 335 g/mol. The van der Waals surface area contributed by atoms with E-state index in [0.717, 1.165) is 4.47 Å². The number of benzene rings is 2. The fourth-order valence-electron chi connectivity index (χ4n) is 1.72. The molecule has 2 nitrogen and oxygen atoms in total. The monoisotopic (exact) mass is 333 g/mol. The molecule has 0 heterocycles. The Morgan fingerprint density at radius 2 is 1.68 bits per heavy atom. The van der Waals surface area contributed by atoms with Gasteiger partial charge in [0.1, 0.15) is 5.92 Å². The minimum Gasteiger partial charge on any atom is -0.292 e. The molecule has 1 atom stereocenters. The van der Waals surface area contributed by atoms with Gasteiger partial charge in [0, 0.05) is 15.1 Å². The first kappa shape index (κ1) is 13.8. The van der Waals surface area contributed by atoms with E-state index in [1.54, 1.807) is 36.4 Å². The summed E-state index contributed by atoms with van der Waals surface area (Å²) >= 11 is 9.11. The van der Waals surface area contributed by atoms with Crippen LogP contribution in [0.2, 0.25) is 5.02 Å². The van der Waals surface area contributed by atoms with Gasteiger partial charge >= 0.3 is 0 Å². The highest BCUT2D eigenvalue weighted by Crippen LogP contribution is 2.23. The van der Waals surface area contributed by atoms with Crippen LogP contribution < -0.4 is 0 Å². The van der Waals surface area contributed by atoms with Crippen molar-refractivity contribution in [3.63, 3.8) is 0 Å². The van der Waals surface area contributed by atoms with Crippen LogP contribution in [0.3, 0.4) is 0 Å². The number of Topliss-reactive ketones (excluding diaryl/α,β-unsaturated/α-hetero) is 1. The number of nitriles is 1. The van der Waals surface area contributed by atoms with Crippen molar-refractivity contribution in [3.8, 4) is 6.07 Å². The summed E-state index contributed by atoms with van der Waals surface area (Å²) in [4.78, 5) is 12.3. The first-order valence-electron chi connectivity index (χ1n) is 5.56. The summed E-state index contributed by atoms with van der Waals surface area (Å²) in [6.07, 6.45) is 0. The maximum atomic E-state index is 12.3. The first-order chi connectivity index (χ1) is 9.11. The Kier molecular flexibility index (Phi) is 4.36. The van der Waals surface area contributed by atoms with Crippen LogP contribution in [0.1, 0.15) is 21.8 Å². The van der Waals surface area contributed by atoms with Crippen molar-refractivity contribution >= 4 is 33.3 Å². The minimum atomic E-state index is -0.797. The molecule has 0 aliphatic carbocycles. The molecule has 0 saturated heterocycles. The van der Waals surface area contributed by atoms with Crippen molar-refractivity contribution in [1.82, 2.24) is 0 Å². The fourth-order valence-corrected chi connectivity index (χ4v) is 2.11. The maximum Gasteiger partial charge on any atom is 0.184 e. The number of ketones is 1. The Balaban J connectivity index is 2.32. The molecular formula is C15H9BrClNO. The van der Waals surface area contributed by atoms with Crippen molar-refractivity contribution in [1.29, 1.82) is 5.26 Å². The second-order valence-corrected chi connectivity index (χ2v) is 5.34. The maximum absolute atomic E-state index is 12.3. The lowest BCUT2D eigenvalue weighted by Gasteiger charge is -2.08. The lowest BCUT2D eigenvalue weighted by atomic mass is 9.92. The first-order valence-corrected chi connectivity index (χ1v) is 6.74. The number of hydrogen-bond donors (Lipinski definition) is 0. The van der Waals surface area contributed by atoms with Gasteiger partial charge in [-0.05, 0) is 42.0 Å². The number of halogens is 2. The number of rotatable bonds is 3. The summed E-state index contributed by atoms with van der Waals surface area (Å²) in [5.74, 6) is -1.02. The number of carbonyl (C=O) groups is 1. The third-order valence-corrected chi connectivity index (χ3v) is 3.50. The Morgan fingerprint density at radius 3 is 2.21 bits per heavy atom. The summed E-state index contributed by atoms with van der Waals surface area (Å²) in [6, 6.07) is 15.8. The van der Waals surface area contributed by atoms with Gasteiger partial charge in [-0.1, -0.05) is 39.7 Å². The SMILES string of the molecule is N#CC(C(=O)c1ccc(Cl)cc1)c1ccc(Br)cc1. The lowest BCUT2D eigenvalue weighted by Crippen LogP contribution is -2.11. The third-order valence-electron chi connectivity index (χ3n) is 2.72. The Bertz CT molecular complexity index is 629. The minimum absolute atomic E-state index is 0.221. The Labute approximate surface area is 124 Å². The molecular weight excluding hydrogens is 326 g/mol. The van der Waals surface area contributed by atoms with Crippen LogP contribution >= 0.6 is 27.5 Å². The van der Waals surface area contributed by atoms with E-state index in [1.165, 1.54) is 0 Å². The molecule has 19 heavy (non-hydrogen) atoms. The molecule has 0 aromatic heterocycles. The molecule has 0 saturated carbocycles. The molecule has 0 fully saturated rings. The van der Waals surface area contributed by atoms with E-state index < -0.39 is 5.92 Å². The molecule has 0 aliphatic rings. The molecule has 0 N–H and O–H groups in total. The second-order valence-electron chi connectivity index (χ2n) is 3.98. The fraction of sp³-hybridized carbons (Fsp3) is 0.0667. The van der Waals surface area contributed by atoms with E-state index in [9.17, 15) is 10.1 Å². The van der Waals surface area contributed by atoms with E-state index in [4.69, 9.17) is 11.6 Å². The zero-order valence-corrected chi connectivity index (χ0v) is 12.1. The molecule has 2 aromatic carbocycles. The van der Waals surface area contributed by atoms with E-state index in [2.05, 4.69) is 22.0 Å². The second kappa shape index (κ2) is 6.01. The van der Waals surface area contributed by atoms with Gasteiger partial charge in [0.25, 0.3) is 0 Å². The zero-order chi connectivity index (χ0) is 13.8. The van der Waals surface area contributed by atoms with Crippen molar-refractivity contribution in [2.45, 2.75) is 5.92 Å². The standard InChI is InChI=1S/C15H9BrClNO/c16-12-5-1-10(2-6-12)14(9-18)15(19)11-3-7-13(17)8-4-11/h1-8,14H. The van der Waals surface area contributed by atoms with Crippen molar-refractivity contribution in [2.24, 2.45) is 0 Å². The molecule has 0 radical (unpaired) electrons. The molecule has 2 rings (SSSR count). The number of hydrogen-bond acceptors (Lipinski definition) is 2. The van der Waals surface area contributed by atoms with Crippen molar-refractivity contribution < 1.29 is 4.79 Å². The van der Waals surface area contributed by atoms with Crippen LogP contribution in [-0.4, -0.2) is 5.78 Å². The van der Waals surface area contributed by atoms with E-state index in [1.807, 2.05) is 12.1 Å². The molecule has 0 bridgehead atoms. The summed E-state index contributed by atoms with van der Waals surface area (Å²) < 4.78 is 0.909. The molecule has 0 amide bonds. The topological polar surface area (TPSA) is 40.9 Å². The largest absolute Gasteiger partial charge is 0.292 e. The molecule has 0 spiro atoms.